The molecule has 2 saturated heterocycles. The Balaban J connectivity index is 1.84. The Bertz CT molecular complexity index is 473. The average Bonchev–Trinajstić information content (AvgIpc) is 3.02. The molecule has 0 bridgehead atoms. The molecule has 3 rings (SSSR count). The van der Waals surface area contributed by atoms with Crippen LogP contribution in [-0.2, 0) is 16.1 Å². The van der Waals surface area contributed by atoms with E-state index in [1.807, 2.05) is 0 Å². The summed E-state index contributed by atoms with van der Waals surface area (Å²) < 4.78 is 4.65. The van der Waals surface area contributed by atoms with Gasteiger partial charge in [0.05, 0.1) is 6.54 Å². The maximum absolute atomic E-state index is 12.3. The van der Waals surface area contributed by atoms with Gasteiger partial charge in [0.2, 0.25) is 18.2 Å². The minimum atomic E-state index is -0.453. The first-order chi connectivity index (χ1) is 8.68. The van der Waals surface area contributed by atoms with Crippen molar-refractivity contribution in [3.8, 4) is 0 Å². The number of hydrogen-bond acceptors (Lipinski definition) is 5. The first kappa shape index (κ1) is 11.2. The number of nitrogens with zero attached hydrogens (tertiary/aromatic N) is 4. The number of aromatic nitrogens is 2. The van der Waals surface area contributed by atoms with E-state index in [1.54, 1.807) is 16.7 Å². The molecule has 2 amide bonds. The van der Waals surface area contributed by atoms with Gasteiger partial charge in [0.1, 0.15) is 12.1 Å². The summed E-state index contributed by atoms with van der Waals surface area (Å²) in [6.07, 6.45) is 2.86. The highest BCUT2D eigenvalue weighted by atomic mass is 16.5. The Morgan fingerprint density at radius 1 is 1.44 bits per heavy atom. The van der Waals surface area contributed by atoms with Crippen molar-refractivity contribution in [2.75, 3.05) is 6.54 Å². The third-order valence-electron chi connectivity index (χ3n) is 3.65. The van der Waals surface area contributed by atoms with Crippen molar-refractivity contribution in [3.05, 3.63) is 12.2 Å². The van der Waals surface area contributed by atoms with Crippen molar-refractivity contribution in [2.45, 2.75) is 38.4 Å². The molecule has 2 fully saturated rings. The summed E-state index contributed by atoms with van der Waals surface area (Å²) in [6.45, 7) is 2.66. The molecule has 1 aromatic heterocycles. The molecule has 2 aliphatic heterocycles. The fourth-order valence-electron chi connectivity index (χ4n) is 2.67. The summed E-state index contributed by atoms with van der Waals surface area (Å²) in [4.78, 5) is 31.6. The van der Waals surface area contributed by atoms with Crippen LogP contribution in [0.3, 0.4) is 0 Å². The van der Waals surface area contributed by atoms with Crippen LogP contribution < -0.4 is 0 Å². The molecule has 3 heterocycles. The summed E-state index contributed by atoms with van der Waals surface area (Å²) in [5.41, 5.74) is 0. The average molecular weight is 250 g/mol. The van der Waals surface area contributed by atoms with Crippen molar-refractivity contribution in [2.24, 2.45) is 0 Å². The molecule has 0 aliphatic carbocycles. The number of carbonyl (C=O) groups excluding carboxylic acids is 2. The number of rotatable bonds is 2. The smallest absolute Gasteiger partial charge is 0.246 e. The van der Waals surface area contributed by atoms with Gasteiger partial charge in [-0.25, -0.2) is 0 Å². The van der Waals surface area contributed by atoms with E-state index in [1.165, 1.54) is 6.39 Å². The fourth-order valence-corrected chi connectivity index (χ4v) is 2.67. The van der Waals surface area contributed by atoms with Crippen molar-refractivity contribution in [3.63, 3.8) is 0 Å². The Morgan fingerprint density at radius 2 is 2.28 bits per heavy atom. The molecule has 0 radical (unpaired) electrons. The van der Waals surface area contributed by atoms with Gasteiger partial charge < -0.3 is 14.3 Å². The first-order valence-corrected chi connectivity index (χ1v) is 6.04. The van der Waals surface area contributed by atoms with Crippen LogP contribution in [0.1, 0.15) is 25.6 Å². The lowest BCUT2D eigenvalue weighted by molar-refractivity contribution is -0.159. The molecule has 0 N–H and O–H groups in total. The van der Waals surface area contributed by atoms with Crippen molar-refractivity contribution < 1.29 is 14.1 Å². The van der Waals surface area contributed by atoms with Crippen LogP contribution in [0.5, 0.6) is 0 Å². The van der Waals surface area contributed by atoms with E-state index < -0.39 is 6.04 Å². The Kier molecular flexibility index (Phi) is 2.53. The summed E-state index contributed by atoms with van der Waals surface area (Å²) in [5.74, 6) is 0.430. The lowest BCUT2D eigenvalue weighted by Gasteiger charge is -2.40. The molecule has 0 saturated carbocycles. The van der Waals surface area contributed by atoms with Gasteiger partial charge in [-0.1, -0.05) is 5.16 Å². The predicted octanol–water partition coefficient (Wildman–Crippen LogP) is -0.209. The van der Waals surface area contributed by atoms with E-state index in [4.69, 9.17) is 0 Å². The number of fused-ring (bicyclic) bond motifs is 1. The molecule has 0 spiro atoms. The van der Waals surface area contributed by atoms with E-state index in [-0.39, 0.29) is 24.4 Å². The predicted molar refractivity (Wildman–Crippen MR) is 59.0 cm³/mol. The van der Waals surface area contributed by atoms with Crippen LogP contribution >= 0.6 is 0 Å². The molecular weight excluding hydrogens is 236 g/mol. The summed E-state index contributed by atoms with van der Waals surface area (Å²) >= 11 is 0. The van der Waals surface area contributed by atoms with Crippen molar-refractivity contribution >= 4 is 11.8 Å². The van der Waals surface area contributed by atoms with Gasteiger partial charge in [0, 0.05) is 6.54 Å². The summed E-state index contributed by atoms with van der Waals surface area (Å²) in [6, 6.07) is -0.744. The van der Waals surface area contributed by atoms with Gasteiger partial charge in [0.15, 0.2) is 5.82 Å². The van der Waals surface area contributed by atoms with Gasteiger partial charge >= 0.3 is 0 Å². The Labute approximate surface area is 104 Å². The minimum absolute atomic E-state index is 0.00981. The van der Waals surface area contributed by atoms with E-state index in [2.05, 4.69) is 14.7 Å². The second-order valence-electron chi connectivity index (χ2n) is 4.68. The van der Waals surface area contributed by atoms with Crippen LogP contribution in [0.25, 0.3) is 0 Å². The highest BCUT2D eigenvalue weighted by Crippen LogP contribution is 2.27. The number of carbonyl (C=O) groups is 2. The van der Waals surface area contributed by atoms with Crippen LogP contribution in [0, 0.1) is 0 Å². The number of piperazine rings is 1. The molecule has 2 aliphatic rings. The first-order valence-electron chi connectivity index (χ1n) is 6.04. The van der Waals surface area contributed by atoms with E-state index >= 15 is 0 Å². The van der Waals surface area contributed by atoms with Crippen LogP contribution in [0.2, 0.25) is 0 Å². The van der Waals surface area contributed by atoms with E-state index in [9.17, 15) is 9.59 Å². The molecule has 18 heavy (non-hydrogen) atoms. The van der Waals surface area contributed by atoms with Crippen molar-refractivity contribution in [1.29, 1.82) is 0 Å². The summed E-state index contributed by atoms with van der Waals surface area (Å²) in [5, 5.41) is 3.68. The van der Waals surface area contributed by atoms with Gasteiger partial charge in [-0.2, -0.15) is 4.98 Å². The number of hydrogen-bond donors (Lipinski definition) is 0. The second-order valence-corrected chi connectivity index (χ2v) is 4.68. The maximum Gasteiger partial charge on any atom is 0.246 e. The summed E-state index contributed by atoms with van der Waals surface area (Å²) in [7, 11) is 0. The van der Waals surface area contributed by atoms with Crippen LogP contribution in [0.15, 0.2) is 10.9 Å². The molecule has 1 aromatic rings. The lowest BCUT2D eigenvalue weighted by Crippen LogP contribution is -2.61. The fraction of sp³-hybridized carbons (Fsp3) is 0.636. The zero-order valence-corrected chi connectivity index (χ0v) is 10.1. The third kappa shape index (κ3) is 1.58. The monoisotopic (exact) mass is 250 g/mol. The van der Waals surface area contributed by atoms with E-state index in [0.29, 0.717) is 12.4 Å². The van der Waals surface area contributed by atoms with Gasteiger partial charge in [-0.05, 0) is 19.8 Å². The zero-order valence-electron chi connectivity index (χ0n) is 10.1. The third-order valence-corrected chi connectivity index (χ3v) is 3.65. The normalized spacial score (nSPS) is 27.8. The van der Waals surface area contributed by atoms with E-state index in [0.717, 1.165) is 12.8 Å². The van der Waals surface area contributed by atoms with Crippen LogP contribution in [0.4, 0.5) is 0 Å². The topological polar surface area (TPSA) is 79.5 Å². The standard InChI is InChI=1S/C11H14N4O3/c1-7-10(16)14-4-2-3-8(14)11(17)15(7)5-9-12-6-18-13-9/h6-8H,2-5H2,1H3. The second kappa shape index (κ2) is 4.08. The van der Waals surface area contributed by atoms with Gasteiger partial charge in [-0.3, -0.25) is 9.59 Å². The lowest BCUT2D eigenvalue weighted by atomic mass is 10.1. The molecular formula is C11H14N4O3. The Hall–Kier alpha value is -1.92. The quantitative estimate of drug-likeness (QED) is 0.725. The molecule has 2 atom stereocenters. The maximum atomic E-state index is 12.3. The largest absolute Gasteiger partial charge is 0.343 e. The van der Waals surface area contributed by atoms with Crippen molar-refractivity contribution in [1.82, 2.24) is 19.9 Å². The minimum Gasteiger partial charge on any atom is -0.343 e. The molecule has 7 heteroatoms. The molecule has 7 nitrogen and oxygen atoms in total. The highest BCUT2D eigenvalue weighted by molar-refractivity contribution is 5.97. The highest BCUT2D eigenvalue weighted by Gasteiger charge is 2.46. The molecule has 96 valence electrons. The number of amides is 2. The SMILES string of the molecule is CC1C(=O)N2CCCC2C(=O)N1Cc1ncon1. The Morgan fingerprint density at radius 3 is 3.00 bits per heavy atom. The van der Waals surface area contributed by atoms with Crippen LogP contribution in [-0.4, -0.2) is 50.4 Å². The molecule has 0 aromatic carbocycles. The van der Waals surface area contributed by atoms with Gasteiger partial charge in [-0.15, -0.1) is 0 Å². The molecule has 2 unspecified atom stereocenters. The van der Waals surface area contributed by atoms with Gasteiger partial charge in [0.25, 0.3) is 0 Å². The zero-order chi connectivity index (χ0) is 12.7.